The standard InChI is InChI=1S/C58H50N2/c1-33-25-43(26-34(2)37(33)5)39-19-23-53-49(29-39)51-31-41-17-18-42-32-52-50-30-40(44-27-35(3)38(6)36(4)28-44)20-24-54(50)60(46-15-11-8-12-16-46)58(52)48-22-21-47(55(41)56(42)48)57(51)59(53)45-13-9-7-10-14-45/h7-16,19,23,25-32H,17-18,20-22,24H2,1-6H3. The SMILES string of the molecule is Cc1cc(C2=Cc3c(n(-c4ccccc4)c4c5c6c(cc34)CCc3cc4c7cc(-c8cc(C)c(C)c(C)c8)ccc7n(-c7ccccc7)c4c(c3-6)CC5)CC2)cc(C)c1C. The van der Waals surface area contributed by atoms with Gasteiger partial charge < -0.3 is 9.13 Å². The lowest BCUT2D eigenvalue weighted by Gasteiger charge is -2.31. The Bertz CT molecular complexity index is 3300. The topological polar surface area (TPSA) is 9.86 Å². The number of hydrogen-bond acceptors (Lipinski definition) is 0. The van der Waals surface area contributed by atoms with Crippen LogP contribution in [0.3, 0.4) is 0 Å². The van der Waals surface area contributed by atoms with Crippen LogP contribution in [0.5, 0.6) is 0 Å². The molecule has 9 aromatic rings. The molecule has 0 radical (unpaired) electrons. The van der Waals surface area contributed by atoms with Gasteiger partial charge in [-0.3, -0.25) is 0 Å². The van der Waals surface area contributed by atoms with E-state index in [1.807, 2.05) is 0 Å². The first-order valence-corrected chi connectivity index (χ1v) is 22.1. The molecule has 292 valence electrons. The van der Waals surface area contributed by atoms with Gasteiger partial charge in [0.25, 0.3) is 0 Å². The molecule has 7 aromatic carbocycles. The Balaban J connectivity index is 1.13. The first kappa shape index (κ1) is 35.6. The van der Waals surface area contributed by atoms with Crippen LogP contribution in [0.4, 0.5) is 0 Å². The van der Waals surface area contributed by atoms with E-state index in [2.05, 4.69) is 172 Å². The molecule has 60 heavy (non-hydrogen) atoms. The molecule has 0 atom stereocenters. The van der Waals surface area contributed by atoms with Gasteiger partial charge in [0.15, 0.2) is 0 Å². The van der Waals surface area contributed by atoms with E-state index >= 15 is 0 Å². The van der Waals surface area contributed by atoms with Crippen LogP contribution in [0.1, 0.15) is 78.9 Å². The highest BCUT2D eigenvalue weighted by Crippen LogP contribution is 2.52. The number of aryl methyl sites for hydroxylation is 8. The van der Waals surface area contributed by atoms with E-state index in [-0.39, 0.29) is 0 Å². The summed E-state index contributed by atoms with van der Waals surface area (Å²) in [5.41, 5.74) is 32.3. The second-order valence-electron chi connectivity index (χ2n) is 18.1. The molecular weight excluding hydrogens is 725 g/mol. The molecule has 0 N–H and O–H groups in total. The molecule has 0 fully saturated rings. The van der Waals surface area contributed by atoms with Gasteiger partial charge in [-0.15, -0.1) is 0 Å². The van der Waals surface area contributed by atoms with Crippen molar-refractivity contribution in [3.8, 4) is 33.6 Å². The summed E-state index contributed by atoms with van der Waals surface area (Å²) in [6.45, 7) is 13.5. The van der Waals surface area contributed by atoms with Gasteiger partial charge in [0.05, 0.1) is 16.6 Å². The van der Waals surface area contributed by atoms with E-state index < -0.39 is 0 Å². The molecule has 0 amide bonds. The molecule has 3 aliphatic rings. The number of hydrogen-bond donors (Lipinski definition) is 0. The molecule has 3 aliphatic carbocycles. The normalized spacial score (nSPS) is 14.2. The van der Waals surface area contributed by atoms with Crippen LogP contribution in [0.15, 0.2) is 115 Å². The number of fused-ring (bicyclic) bond motifs is 8. The fraction of sp³-hybridized carbons (Fsp3) is 0.207. The number of rotatable bonds is 4. The number of nitrogens with zero attached hydrogens (tertiary/aromatic N) is 2. The lowest BCUT2D eigenvalue weighted by molar-refractivity contribution is 0.870. The average Bonchev–Trinajstić information content (AvgIpc) is 3.78. The highest BCUT2D eigenvalue weighted by atomic mass is 15.0. The van der Waals surface area contributed by atoms with Crippen molar-refractivity contribution in [3.05, 3.63) is 188 Å². The van der Waals surface area contributed by atoms with E-state index in [0.717, 1.165) is 38.5 Å². The third-order valence-corrected chi connectivity index (χ3v) is 14.9. The number of allylic oxidation sites excluding steroid dienone is 1. The summed E-state index contributed by atoms with van der Waals surface area (Å²) >= 11 is 0. The third-order valence-electron chi connectivity index (χ3n) is 14.9. The largest absolute Gasteiger partial charge is 0.313 e. The molecule has 0 bridgehead atoms. The van der Waals surface area contributed by atoms with Gasteiger partial charge >= 0.3 is 0 Å². The van der Waals surface area contributed by atoms with Crippen LogP contribution in [0, 0.1) is 41.5 Å². The Morgan fingerprint density at radius 1 is 0.417 bits per heavy atom. The summed E-state index contributed by atoms with van der Waals surface area (Å²) in [6, 6.07) is 44.3. The first-order valence-electron chi connectivity index (χ1n) is 22.1. The summed E-state index contributed by atoms with van der Waals surface area (Å²) < 4.78 is 5.24. The van der Waals surface area contributed by atoms with Crippen LogP contribution in [-0.2, 0) is 32.1 Å². The Hall–Kier alpha value is -6.38. The fourth-order valence-electron chi connectivity index (χ4n) is 11.4. The minimum absolute atomic E-state index is 1.02. The molecule has 0 unspecified atom stereocenters. The van der Waals surface area contributed by atoms with Crippen molar-refractivity contribution in [2.24, 2.45) is 0 Å². The Kier molecular flexibility index (Phi) is 7.74. The zero-order chi connectivity index (χ0) is 40.6. The van der Waals surface area contributed by atoms with Crippen LogP contribution in [0.2, 0.25) is 0 Å². The molecular formula is C58H50N2. The molecule has 0 saturated carbocycles. The molecule has 2 heterocycles. The second-order valence-corrected chi connectivity index (χ2v) is 18.1. The van der Waals surface area contributed by atoms with E-state index in [0.29, 0.717) is 0 Å². The van der Waals surface area contributed by atoms with E-state index in [1.54, 1.807) is 5.56 Å². The lowest BCUT2D eigenvalue weighted by Crippen LogP contribution is -2.16. The van der Waals surface area contributed by atoms with Crippen LogP contribution < -0.4 is 0 Å². The van der Waals surface area contributed by atoms with Gasteiger partial charge in [0.1, 0.15) is 0 Å². The number of para-hydroxylation sites is 2. The van der Waals surface area contributed by atoms with Crippen molar-refractivity contribution in [2.75, 3.05) is 0 Å². The number of benzene rings is 7. The van der Waals surface area contributed by atoms with Crippen LogP contribution in [0.25, 0.3) is 78.0 Å². The van der Waals surface area contributed by atoms with Gasteiger partial charge in [-0.2, -0.15) is 0 Å². The van der Waals surface area contributed by atoms with Crippen molar-refractivity contribution < 1.29 is 0 Å². The Morgan fingerprint density at radius 3 is 1.55 bits per heavy atom. The summed E-state index contributed by atoms with van der Waals surface area (Å²) in [5.74, 6) is 0. The predicted octanol–water partition coefficient (Wildman–Crippen LogP) is 14.6. The molecule has 0 aliphatic heterocycles. The van der Waals surface area contributed by atoms with Gasteiger partial charge in [0, 0.05) is 38.8 Å². The minimum atomic E-state index is 1.02. The summed E-state index contributed by atoms with van der Waals surface area (Å²) in [6.07, 6.45) is 8.82. The molecule has 0 saturated heterocycles. The molecule has 2 heteroatoms. The molecule has 12 rings (SSSR count). The van der Waals surface area contributed by atoms with Crippen molar-refractivity contribution in [1.29, 1.82) is 0 Å². The Morgan fingerprint density at radius 2 is 0.950 bits per heavy atom. The molecule has 2 aromatic heterocycles. The monoisotopic (exact) mass is 774 g/mol. The zero-order valence-electron chi connectivity index (χ0n) is 35.7. The van der Waals surface area contributed by atoms with E-state index in [4.69, 9.17) is 0 Å². The number of aromatic nitrogens is 2. The van der Waals surface area contributed by atoms with Crippen molar-refractivity contribution >= 4 is 44.4 Å². The maximum Gasteiger partial charge on any atom is 0.0579 e. The van der Waals surface area contributed by atoms with Crippen LogP contribution in [-0.4, -0.2) is 9.13 Å². The highest BCUT2D eigenvalue weighted by Gasteiger charge is 2.34. The van der Waals surface area contributed by atoms with Crippen LogP contribution >= 0.6 is 0 Å². The third kappa shape index (κ3) is 5.06. The second kappa shape index (κ2) is 13.1. The van der Waals surface area contributed by atoms with E-state index in [9.17, 15) is 0 Å². The maximum absolute atomic E-state index is 2.66. The lowest BCUT2D eigenvalue weighted by atomic mass is 9.73. The molecule has 2 nitrogen and oxygen atoms in total. The smallest absolute Gasteiger partial charge is 0.0579 e. The summed E-state index contributed by atoms with van der Waals surface area (Å²) in [7, 11) is 0. The summed E-state index contributed by atoms with van der Waals surface area (Å²) in [5, 5.41) is 4.17. The highest BCUT2D eigenvalue weighted by molar-refractivity contribution is 6.15. The quantitative estimate of drug-likeness (QED) is 0.169. The molecule has 0 spiro atoms. The Labute approximate surface area is 353 Å². The predicted molar refractivity (Wildman–Crippen MR) is 254 cm³/mol. The van der Waals surface area contributed by atoms with Gasteiger partial charge in [-0.25, -0.2) is 0 Å². The zero-order valence-corrected chi connectivity index (χ0v) is 35.7. The van der Waals surface area contributed by atoms with Gasteiger partial charge in [-0.1, -0.05) is 66.7 Å². The van der Waals surface area contributed by atoms with E-state index in [1.165, 1.54) is 139 Å². The average molecular weight is 775 g/mol. The maximum atomic E-state index is 2.66. The van der Waals surface area contributed by atoms with Gasteiger partial charge in [-0.05, 0) is 224 Å². The van der Waals surface area contributed by atoms with Crippen molar-refractivity contribution in [2.45, 2.75) is 80.1 Å². The minimum Gasteiger partial charge on any atom is -0.313 e. The van der Waals surface area contributed by atoms with Crippen molar-refractivity contribution in [1.82, 2.24) is 9.13 Å². The van der Waals surface area contributed by atoms with Gasteiger partial charge in [0.2, 0.25) is 0 Å². The van der Waals surface area contributed by atoms with Crippen molar-refractivity contribution in [3.63, 3.8) is 0 Å². The fourth-order valence-corrected chi connectivity index (χ4v) is 11.4. The first-order chi connectivity index (χ1) is 29.2. The summed E-state index contributed by atoms with van der Waals surface area (Å²) in [4.78, 5) is 0.